The van der Waals surface area contributed by atoms with Crippen molar-refractivity contribution in [1.29, 1.82) is 0 Å². The van der Waals surface area contributed by atoms with Gasteiger partial charge in [0.15, 0.2) is 0 Å². The van der Waals surface area contributed by atoms with Crippen LogP contribution in [0.25, 0.3) is 0 Å². The van der Waals surface area contributed by atoms with Crippen molar-refractivity contribution in [1.82, 2.24) is 10.6 Å². The Morgan fingerprint density at radius 2 is 1.93 bits per heavy atom. The van der Waals surface area contributed by atoms with Crippen LogP contribution in [0.15, 0.2) is 36.4 Å². The van der Waals surface area contributed by atoms with Gasteiger partial charge in [0.2, 0.25) is 0 Å². The molecule has 0 unspecified atom stereocenters. The standard InChI is InChI=1S/C23H30N2O2S/c1-17(18-7-3-2-4-8-18)25-23(11-13-27-14-12-23)16-24-22(26)21-15-19-9-5-6-10-20(19)28-21/h2-4,7-8,15,17,25H,5-6,9-14,16H2,1H3,(H,24,26)/t17-/m1/s1. The van der Waals surface area contributed by atoms with E-state index in [0.717, 1.165) is 43.8 Å². The highest BCUT2D eigenvalue weighted by Crippen LogP contribution is 2.30. The van der Waals surface area contributed by atoms with E-state index in [9.17, 15) is 4.79 Å². The third-order valence-corrected chi connectivity index (χ3v) is 7.32. The van der Waals surface area contributed by atoms with E-state index in [1.807, 2.05) is 6.07 Å². The Morgan fingerprint density at radius 1 is 1.18 bits per heavy atom. The van der Waals surface area contributed by atoms with E-state index in [1.165, 1.54) is 28.8 Å². The number of fused-ring (bicyclic) bond motifs is 1. The molecular formula is C23H30N2O2S. The van der Waals surface area contributed by atoms with Crippen LogP contribution < -0.4 is 10.6 Å². The van der Waals surface area contributed by atoms with Gasteiger partial charge in [-0.05, 0) is 62.6 Å². The van der Waals surface area contributed by atoms with E-state index in [2.05, 4.69) is 47.9 Å². The average Bonchev–Trinajstić information content (AvgIpc) is 3.18. The molecule has 4 rings (SSSR count). The van der Waals surface area contributed by atoms with E-state index in [1.54, 1.807) is 11.3 Å². The van der Waals surface area contributed by atoms with Gasteiger partial charge in [-0.3, -0.25) is 4.79 Å². The van der Waals surface area contributed by atoms with Crippen molar-refractivity contribution in [3.8, 4) is 0 Å². The molecule has 0 saturated carbocycles. The summed E-state index contributed by atoms with van der Waals surface area (Å²) in [5.41, 5.74) is 2.53. The van der Waals surface area contributed by atoms with Gasteiger partial charge in [-0.15, -0.1) is 11.3 Å². The monoisotopic (exact) mass is 398 g/mol. The van der Waals surface area contributed by atoms with Crippen molar-refractivity contribution in [3.63, 3.8) is 0 Å². The van der Waals surface area contributed by atoms with Gasteiger partial charge in [0.25, 0.3) is 5.91 Å². The lowest BCUT2D eigenvalue weighted by Gasteiger charge is -2.40. The first-order chi connectivity index (χ1) is 13.7. The van der Waals surface area contributed by atoms with Gasteiger partial charge in [-0.1, -0.05) is 30.3 Å². The molecule has 28 heavy (non-hydrogen) atoms. The number of amides is 1. The number of rotatable bonds is 6. The fourth-order valence-electron chi connectivity index (χ4n) is 4.36. The summed E-state index contributed by atoms with van der Waals surface area (Å²) in [5, 5.41) is 7.04. The van der Waals surface area contributed by atoms with Crippen LogP contribution in [0.4, 0.5) is 0 Å². The average molecular weight is 399 g/mol. The third-order valence-electron chi connectivity index (χ3n) is 6.08. The van der Waals surface area contributed by atoms with Crippen molar-refractivity contribution in [2.24, 2.45) is 0 Å². The third kappa shape index (κ3) is 4.48. The number of ether oxygens (including phenoxy) is 1. The second-order valence-electron chi connectivity index (χ2n) is 8.12. The summed E-state index contributed by atoms with van der Waals surface area (Å²) in [7, 11) is 0. The quantitative estimate of drug-likeness (QED) is 0.765. The fourth-order valence-corrected chi connectivity index (χ4v) is 5.53. The molecule has 2 aliphatic rings. The number of nitrogens with one attached hydrogen (secondary N) is 2. The van der Waals surface area contributed by atoms with Crippen molar-refractivity contribution in [2.75, 3.05) is 19.8 Å². The summed E-state index contributed by atoms with van der Waals surface area (Å²) in [4.78, 5) is 15.1. The SMILES string of the molecule is C[C@@H](NC1(CNC(=O)c2cc3c(s2)CCCC3)CCOCC1)c1ccccc1. The van der Waals surface area contributed by atoms with Crippen molar-refractivity contribution >= 4 is 17.2 Å². The molecule has 1 amide bonds. The Balaban J connectivity index is 1.43. The molecule has 1 aromatic carbocycles. The predicted octanol–water partition coefficient (Wildman–Crippen LogP) is 4.26. The number of carbonyl (C=O) groups excluding carboxylic acids is 1. The topological polar surface area (TPSA) is 50.4 Å². The summed E-state index contributed by atoms with van der Waals surface area (Å²) >= 11 is 1.68. The number of hydrogen-bond donors (Lipinski definition) is 2. The maximum Gasteiger partial charge on any atom is 0.261 e. The van der Waals surface area contributed by atoms with E-state index in [0.29, 0.717) is 6.54 Å². The maximum atomic E-state index is 12.8. The minimum absolute atomic E-state index is 0.0689. The molecule has 0 spiro atoms. The van der Waals surface area contributed by atoms with Gasteiger partial charge in [0, 0.05) is 36.2 Å². The zero-order chi connectivity index (χ0) is 19.4. The maximum absolute atomic E-state index is 12.8. The molecule has 2 heterocycles. The normalized spacial score (nSPS) is 19.6. The Kier molecular flexibility index (Phi) is 6.14. The minimum atomic E-state index is -0.125. The van der Waals surface area contributed by atoms with Crippen LogP contribution in [0.1, 0.15) is 64.3 Å². The number of hydrogen-bond acceptors (Lipinski definition) is 4. The van der Waals surface area contributed by atoms with Crippen molar-refractivity contribution < 1.29 is 9.53 Å². The Morgan fingerprint density at radius 3 is 2.68 bits per heavy atom. The first-order valence-corrected chi connectivity index (χ1v) is 11.3. The number of benzene rings is 1. The molecule has 0 bridgehead atoms. The molecule has 1 atom stereocenters. The molecule has 1 aromatic heterocycles. The Hall–Kier alpha value is -1.69. The van der Waals surface area contributed by atoms with E-state index < -0.39 is 0 Å². The van der Waals surface area contributed by atoms with Crippen LogP contribution >= 0.6 is 11.3 Å². The van der Waals surface area contributed by atoms with Gasteiger partial charge in [0.1, 0.15) is 0 Å². The number of carbonyl (C=O) groups is 1. The molecule has 4 nitrogen and oxygen atoms in total. The largest absolute Gasteiger partial charge is 0.381 e. The van der Waals surface area contributed by atoms with Gasteiger partial charge >= 0.3 is 0 Å². The van der Waals surface area contributed by atoms with Crippen LogP contribution in [0.2, 0.25) is 0 Å². The molecule has 2 aromatic rings. The van der Waals surface area contributed by atoms with Crippen LogP contribution in [0.5, 0.6) is 0 Å². The summed E-state index contributed by atoms with van der Waals surface area (Å²) in [5.74, 6) is 0.0689. The molecule has 1 saturated heterocycles. The lowest BCUT2D eigenvalue weighted by atomic mass is 9.88. The number of thiophene rings is 1. The van der Waals surface area contributed by atoms with Gasteiger partial charge in [-0.25, -0.2) is 0 Å². The molecule has 150 valence electrons. The van der Waals surface area contributed by atoms with Gasteiger partial charge in [-0.2, -0.15) is 0 Å². The fraction of sp³-hybridized carbons (Fsp3) is 0.522. The molecule has 1 aliphatic carbocycles. The molecule has 2 N–H and O–H groups in total. The first-order valence-electron chi connectivity index (χ1n) is 10.5. The second-order valence-corrected chi connectivity index (χ2v) is 9.26. The van der Waals surface area contributed by atoms with E-state index in [4.69, 9.17) is 4.74 Å². The highest BCUT2D eigenvalue weighted by Gasteiger charge is 2.34. The van der Waals surface area contributed by atoms with Crippen molar-refractivity contribution in [3.05, 3.63) is 57.3 Å². The minimum Gasteiger partial charge on any atom is -0.381 e. The number of aryl methyl sites for hydroxylation is 2. The van der Waals surface area contributed by atoms with Crippen LogP contribution in [-0.4, -0.2) is 31.2 Å². The zero-order valence-corrected chi connectivity index (χ0v) is 17.4. The van der Waals surface area contributed by atoms with E-state index >= 15 is 0 Å². The second kappa shape index (κ2) is 8.76. The molecule has 0 radical (unpaired) electrons. The summed E-state index contributed by atoms with van der Waals surface area (Å²) in [6, 6.07) is 12.8. The molecule has 1 fully saturated rings. The smallest absolute Gasteiger partial charge is 0.261 e. The highest BCUT2D eigenvalue weighted by atomic mass is 32.1. The highest BCUT2D eigenvalue weighted by molar-refractivity contribution is 7.14. The lowest BCUT2D eigenvalue weighted by molar-refractivity contribution is 0.0332. The Bertz CT molecular complexity index is 773. The predicted molar refractivity (Wildman–Crippen MR) is 114 cm³/mol. The van der Waals surface area contributed by atoms with Crippen molar-refractivity contribution in [2.45, 2.75) is 57.0 Å². The first kappa shape index (κ1) is 19.6. The molecular weight excluding hydrogens is 368 g/mol. The summed E-state index contributed by atoms with van der Waals surface area (Å²) in [6.07, 6.45) is 6.56. The summed E-state index contributed by atoms with van der Waals surface area (Å²) in [6.45, 7) is 4.30. The zero-order valence-electron chi connectivity index (χ0n) is 16.6. The summed E-state index contributed by atoms with van der Waals surface area (Å²) < 4.78 is 5.61. The molecule has 5 heteroatoms. The lowest BCUT2D eigenvalue weighted by Crippen LogP contribution is -2.57. The molecule has 1 aliphatic heterocycles. The van der Waals surface area contributed by atoms with Crippen LogP contribution in [0.3, 0.4) is 0 Å². The van der Waals surface area contributed by atoms with E-state index in [-0.39, 0.29) is 17.5 Å². The van der Waals surface area contributed by atoms with Gasteiger partial charge in [0.05, 0.1) is 4.88 Å². The van der Waals surface area contributed by atoms with Crippen LogP contribution in [0, 0.1) is 0 Å². The van der Waals surface area contributed by atoms with Gasteiger partial charge < -0.3 is 15.4 Å². The Labute approximate surface area is 171 Å². The van der Waals surface area contributed by atoms with Crippen LogP contribution in [-0.2, 0) is 17.6 Å².